The highest BCUT2D eigenvalue weighted by Crippen LogP contribution is 2.53. The molecular weight excluding hydrogens is 435 g/mol. The maximum Gasteiger partial charge on any atom is 0.514 e. The Morgan fingerprint density at radius 2 is 1.58 bits per heavy atom. The van der Waals surface area contributed by atoms with Crippen LogP contribution in [0.2, 0.25) is 0 Å². The molecule has 1 aromatic heterocycles. The Kier molecular flexibility index (Phi) is 5.83. The van der Waals surface area contributed by atoms with Gasteiger partial charge in [0.15, 0.2) is 0 Å². The van der Waals surface area contributed by atoms with Gasteiger partial charge in [0.05, 0.1) is 5.52 Å². The van der Waals surface area contributed by atoms with Gasteiger partial charge in [0.2, 0.25) is 0 Å². The number of carbonyl (C=O) groups excluding carboxylic acids is 1. The highest BCUT2D eigenvalue weighted by atomic mass is 19.4. The summed E-state index contributed by atoms with van der Waals surface area (Å²) in [7, 11) is 0. The maximum atomic E-state index is 14.5. The number of carbonyl (C=O) groups is 1. The van der Waals surface area contributed by atoms with Gasteiger partial charge in [0.1, 0.15) is 11.9 Å². The lowest BCUT2D eigenvalue weighted by molar-refractivity contribution is -0.348. The summed E-state index contributed by atoms with van der Waals surface area (Å²) in [6.07, 6.45) is -11.1. The molecule has 0 saturated heterocycles. The Morgan fingerprint density at radius 3 is 2.13 bits per heavy atom. The SMILES string of the molecule is Cc1nc2ccc(C(F)(C(F)(F)F)C(F)(F)F)cc2c(OC(=O)OC2CCCC2)c1C. The molecule has 1 fully saturated rings. The van der Waals surface area contributed by atoms with E-state index in [0.29, 0.717) is 30.7 Å². The van der Waals surface area contributed by atoms with Gasteiger partial charge in [-0.25, -0.2) is 9.18 Å². The van der Waals surface area contributed by atoms with Crippen LogP contribution in [0, 0.1) is 13.8 Å². The summed E-state index contributed by atoms with van der Waals surface area (Å²) >= 11 is 0. The van der Waals surface area contributed by atoms with Crippen LogP contribution in [0.4, 0.5) is 35.5 Å². The van der Waals surface area contributed by atoms with Gasteiger partial charge in [0, 0.05) is 22.2 Å². The Hall–Kier alpha value is -2.59. The van der Waals surface area contributed by atoms with Gasteiger partial charge in [-0.2, -0.15) is 26.3 Å². The number of rotatable bonds is 3. The van der Waals surface area contributed by atoms with E-state index in [2.05, 4.69) is 4.98 Å². The van der Waals surface area contributed by atoms with Crippen molar-refractivity contribution in [2.24, 2.45) is 0 Å². The van der Waals surface area contributed by atoms with Crippen molar-refractivity contribution in [1.29, 1.82) is 0 Å². The number of hydrogen-bond acceptors (Lipinski definition) is 4. The average molecular weight is 453 g/mol. The van der Waals surface area contributed by atoms with Crippen LogP contribution in [0.3, 0.4) is 0 Å². The smallest absolute Gasteiger partial charge is 0.431 e. The minimum atomic E-state index is -6.27. The van der Waals surface area contributed by atoms with E-state index in [9.17, 15) is 35.5 Å². The van der Waals surface area contributed by atoms with Crippen LogP contribution >= 0.6 is 0 Å². The number of aryl methyl sites for hydroxylation is 1. The zero-order valence-electron chi connectivity index (χ0n) is 16.5. The van der Waals surface area contributed by atoms with E-state index >= 15 is 0 Å². The Balaban J connectivity index is 2.11. The Labute approximate surface area is 172 Å². The highest BCUT2D eigenvalue weighted by Gasteiger charge is 2.73. The van der Waals surface area contributed by atoms with Gasteiger partial charge in [-0.1, -0.05) is 6.07 Å². The molecule has 0 amide bonds. The molecule has 0 spiro atoms. The second-order valence-corrected chi connectivity index (χ2v) is 7.41. The molecule has 1 aromatic carbocycles. The van der Waals surface area contributed by atoms with E-state index in [1.807, 2.05) is 0 Å². The molecule has 0 atom stereocenters. The van der Waals surface area contributed by atoms with Crippen LogP contribution in [0.5, 0.6) is 5.75 Å². The van der Waals surface area contributed by atoms with Gasteiger partial charge < -0.3 is 9.47 Å². The van der Waals surface area contributed by atoms with Crippen LogP contribution in [0.25, 0.3) is 10.9 Å². The summed E-state index contributed by atoms with van der Waals surface area (Å²) in [5.41, 5.74) is -6.87. The lowest BCUT2D eigenvalue weighted by Gasteiger charge is -2.30. The molecule has 1 aliphatic rings. The van der Waals surface area contributed by atoms with Gasteiger partial charge >= 0.3 is 24.2 Å². The van der Waals surface area contributed by atoms with Gasteiger partial charge in [-0.3, -0.25) is 4.98 Å². The topological polar surface area (TPSA) is 48.4 Å². The number of benzene rings is 1. The zero-order valence-corrected chi connectivity index (χ0v) is 16.5. The van der Waals surface area contributed by atoms with Gasteiger partial charge in [-0.15, -0.1) is 0 Å². The normalized spacial score (nSPS) is 16.0. The first-order chi connectivity index (χ1) is 14.3. The van der Waals surface area contributed by atoms with Crippen LogP contribution in [-0.2, 0) is 10.4 Å². The summed E-state index contributed by atoms with van der Waals surface area (Å²) in [6.45, 7) is 2.94. The molecule has 0 radical (unpaired) electrons. The molecule has 2 aromatic rings. The van der Waals surface area contributed by atoms with Crippen LogP contribution in [0.15, 0.2) is 18.2 Å². The number of nitrogens with zero attached hydrogens (tertiary/aromatic N) is 1. The number of alkyl halides is 7. The number of aromatic nitrogens is 1. The first-order valence-corrected chi connectivity index (χ1v) is 9.38. The first-order valence-electron chi connectivity index (χ1n) is 9.38. The molecule has 0 N–H and O–H groups in total. The fourth-order valence-electron chi connectivity index (χ4n) is 3.53. The van der Waals surface area contributed by atoms with Crippen LogP contribution < -0.4 is 4.74 Å². The molecule has 0 unspecified atom stereocenters. The summed E-state index contributed by atoms with van der Waals surface area (Å²) in [5, 5.41) is -0.375. The molecule has 1 heterocycles. The van der Waals surface area contributed by atoms with Gasteiger partial charge in [-0.05, 0) is 51.7 Å². The third-order valence-electron chi connectivity index (χ3n) is 5.34. The fourth-order valence-corrected chi connectivity index (χ4v) is 3.53. The predicted molar refractivity (Wildman–Crippen MR) is 95.5 cm³/mol. The number of ether oxygens (including phenoxy) is 2. The molecule has 1 aliphatic carbocycles. The molecule has 1 saturated carbocycles. The lowest BCUT2D eigenvalue weighted by atomic mass is 9.92. The number of pyridine rings is 1. The maximum absolute atomic E-state index is 14.5. The fraction of sp³-hybridized carbons (Fsp3) is 0.500. The van der Waals surface area contributed by atoms with Crippen molar-refractivity contribution in [2.75, 3.05) is 0 Å². The minimum Gasteiger partial charge on any atom is -0.431 e. The molecule has 31 heavy (non-hydrogen) atoms. The summed E-state index contributed by atoms with van der Waals surface area (Å²) in [5.74, 6) is -0.334. The number of fused-ring (bicyclic) bond motifs is 1. The van der Waals surface area contributed by atoms with Crippen molar-refractivity contribution in [3.05, 3.63) is 35.0 Å². The molecule has 0 bridgehead atoms. The van der Waals surface area contributed by atoms with Crippen molar-refractivity contribution in [3.8, 4) is 5.75 Å². The quantitative estimate of drug-likeness (QED) is 0.388. The monoisotopic (exact) mass is 453 g/mol. The van der Waals surface area contributed by atoms with E-state index in [1.165, 1.54) is 13.8 Å². The third-order valence-corrected chi connectivity index (χ3v) is 5.34. The summed E-state index contributed by atoms with van der Waals surface area (Å²) in [4.78, 5) is 16.3. The van der Waals surface area contributed by atoms with Crippen LogP contribution in [0.1, 0.15) is 42.5 Å². The molecular formula is C20H18F7NO3. The second-order valence-electron chi connectivity index (χ2n) is 7.41. The molecule has 0 aliphatic heterocycles. The van der Waals surface area contributed by atoms with Crippen LogP contribution in [-0.4, -0.2) is 29.6 Å². The third kappa shape index (κ3) is 4.14. The minimum absolute atomic E-state index is 0.0674. The van der Waals surface area contributed by atoms with E-state index in [-0.39, 0.29) is 28.3 Å². The van der Waals surface area contributed by atoms with Crippen molar-refractivity contribution in [1.82, 2.24) is 4.98 Å². The van der Waals surface area contributed by atoms with Crippen molar-refractivity contribution < 1.29 is 45.0 Å². The van der Waals surface area contributed by atoms with Crippen molar-refractivity contribution in [2.45, 2.75) is 63.7 Å². The van der Waals surface area contributed by atoms with E-state index in [0.717, 1.165) is 18.9 Å². The summed E-state index contributed by atoms with van der Waals surface area (Å²) < 4.78 is 104. The highest BCUT2D eigenvalue weighted by molar-refractivity contribution is 5.89. The Bertz CT molecular complexity index is 981. The molecule has 3 rings (SSSR count). The average Bonchev–Trinajstić information content (AvgIpc) is 3.15. The predicted octanol–water partition coefficient (Wildman–Crippen LogP) is 6.60. The standard InChI is InChI=1S/C20H18F7NO3/c1-10-11(2)28-15-8-7-12(18(21,19(22,23)24)20(25,26)27)9-14(15)16(10)31-17(29)30-13-5-3-4-6-13/h7-9,13H,3-6H2,1-2H3. The van der Waals surface area contributed by atoms with E-state index < -0.39 is 29.7 Å². The molecule has 170 valence electrons. The van der Waals surface area contributed by atoms with Crippen molar-refractivity contribution >= 4 is 17.1 Å². The van der Waals surface area contributed by atoms with E-state index in [1.54, 1.807) is 0 Å². The molecule has 4 nitrogen and oxygen atoms in total. The zero-order chi connectivity index (χ0) is 23.2. The van der Waals surface area contributed by atoms with E-state index in [4.69, 9.17) is 9.47 Å². The summed E-state index contributed by atoms with van der Waals surface area (Å²) in [6, 6.07) is 1.54. The second kappa shape index (κ2) is 7.83. The lowest BCUT2D eigenvalue weighted by Crippen LogP contribution is -2.50. The largest absolute Gasteiger partial charge is 0.514 e. The molecule has 11 heteroatoms. The number of hydrogen-bond donors (Lipinski definition) is 0. The van der Waals surface area contributed by atoms with Gasteiger partial charge in [0.25, 0.3) is 0 Å². The van der Waals surface area contributed by atoms with Crippen molar-refractivity contribution in [3.63, 3.8) is 0 Å². The number of halogens is 7. The first kappa shape index (κ1) is 23.1. The Morgan fingerprint density at radius 1 is 1.00 bits per heavy atom.